The average molecular weight is 473 g/mol. The molecule has 1 aromatic rings. The summed E-state index contributed by atoms with van der Waals surface area (Å²) >= 11 is 0. The van der Waals surface area contributed by atoms with Crippen LogP contribution in [0, 0.1) is 0 Å². The van der Waals surface area contributed by atoms with Gasteiger partial charge in [-0.1, -0.05) is 30.3 Å². The molecule has 0 saturated carbocycles. The summed E-state index contributed by atoms with van der Waals surface area (Å²) in [6.45, 7) is 5.34. The number of amides is 2. The molecule has 0 aliphatic heterocycles. The summed E-state index contributed by atoms with van der Waals surface area (Å²) in [6.07, 6.45) is -0.237. The van der Waals surface area contributed by atoms with Crippen LogP contribution in [-0.4, -0.2) is 99.9 Å². The smallest absolute Gasteiger partial charge is 0.374 e. The van der Waals surface area contributed by atoms with Gasteiger partial charge in [0.25, 0.3) is 0 Å². The molecule has 0 fully saturated rings. The third-order valence-corrected chi connectivity index (χ3v) is 4.66. The molecule has 184 valence electrons. The summed E-state index contributed by atoms with van der Waals surface area (Å²) in [5, 5.41) is 30.0. The maximum absolute atomic E-state index is 13.0. The third kappa shape index (κ3) is 14.0. The molecule has 0 saturated heterocycles. The minimum atomic E-state index is -1.05. The zero-order valence-electron chi connectivity index (χ0n) is 19.8. The zero-order chi connectivity index (χ0) is 25.3. The monoisotopic (exact) mass is 473 g/mol. The van der Waals surface area contributed by atoms with Gasteiger partial charge in [0.15, 0.2) is 13.7 Å². The van der Waals surface area contributed by atoms with E-state index in [4.69, 9.17) is 12.6 Å². The number of carbonyl (C=O) groups excluding carboxylic acids is 3. The molecular weight excluding hydrogens is 439 g/mol. The van der Waals surface area contributed by atoms with E-state index in [1.54, 1.807) is 6.82 Å². The Morgan fingerprint density at radius 3 is 2.32 bits per heavy atom. The van der Waals surface area contributed by atoms with E-state index < -0.39 is 31.9 Å². The fraction of sp³-hybridized carbons (Fsp3) is 0.550. The van der Waals surface area contributed by atoms with Crippen LogP contribution in [0.4, 0.5) is 4.79 Å². The first kappa shape index (κ1) is 29.7. The number of carbonyl (C=O) groups is 3. The normalized spacial score (nSPS) is 11.4. The number of hydrogen-bond donors (Lipinski definition) is 6. The molecule has 34 heavy (non-hydrogen) atoms. The number of esters is 1. The van der Waals surface area contributed by atoms with E-state index in [2.05, 4.69) is 21.1 Å². The predicted molar refractivity (Wildman–Crippen MR) is 132 cm³/mol. The van der Waals surface area contributed by atoms with E-state index in [0.717, 1.165) is 5.56 Å². The molecule has 0 spiro atoms. The summed E-state index contributed by atoms with van der Waals surface area (Å²) in [4.78, 5) is 38.1. The number of nitrogens with one attached hydrogen (secondary N) is 4. The first-order valence-electron chi connectivity index (χ1n) is 11.3. The summed E-state index contributed by atoms with van der Waals surface area (Å²) in [5.74, 6) is -1.71. The van der Waals surface area contributed by atoms with E-state index in [1.165, 1.54) is 11.7 Å². The lowest BCUT2D eigenvalue weighted by molar-refractivity contribution is -0.149. The van der Waals surface area contributed by atoms with Gasteiger partial charge in [0.2, 0.25) is 5.91 Å². The average Bonchev–Trinajstić information content (AvgIpc) is 2.77. The van der Waals surface area contributed by atoms with Crippen molar-refractivity contribution >= 4 is 39.6 Å². The van der Waals surface area contributed by atoms with Crippen LogP contribution in [-0.2, 0) is 20.9 Å². The summed E-state index contributed by atoms with van der Waals surface area (Å²) in [5.41, 5.74) is 0.799. The van der Waals surface area contributed by atoms with Gasteiger partial charge in [0, 0.05) is 32.7 Å². The van der Waals surface area contributed by atoms with Crippen LogP contribution < -0.4 is 21.1 Å². The number of benzene rings is 1. The van der Waals surface area contributed by atoms with E-state index >= 15 is 0 Å². The fourth-order valence-corrected chi connectivity index (χ4v) is 3.02. The van der Waals surface area contributed by atoms with E-state index in [0.29, 0.717) is 26.2 Å². The molecule has 14 heteroatoms. The van der Waals surface area contributed by atoms with Gasteiger partial charge in [-0.05, 0) is 25.8 Å². The van der Waals surface area contributed by atoms with Crippen molar-refractivity contribution in [1.29, 1.82) is 0 Å². The van der Waals surface area contributed by atoms with Gasteiger partial charge < -0.3 is 40.8 Å². The molecule has 2 amide bonds. The summed E-state index contributed by atoms with van der Waals surface area (Å²) in [7, 11) is 3.45. The number of ether oxygens (including phenoxy) is 1. The fourth-order valence-electron chi connectivity index (χ4n) is 3.02. The Bertz CT molecular complexity index is 745. The van der Waals surface area contributed by atoms with Gasteiger partial charge in [0.1, 0.15) is 12.6 Å². The highest BCUT2D eigenvalue weighted by Crippen LogP contribution is 2.06. The highest BCUT2D eigenvalue weighted by atomic mass is 16.5. The van der Waals surface area contributed by atoms with Crippen LogP contribution in [0.1, 0.15) is 12.0 Å². The molecule has 0 aliphatic carbocycles. The lowest BCUT2D eigenvalue weighted by Gasteiger charge is -2.26. The van der Waals surface area contributed by atoms with Crippen LogP contribution in [0.15, 0.2) is 30.3 Å². The molecular formula is C20H34B3N5O6. The third-order valence-electron chi connectivity index (χ3n) is 4.66. The molecule has 1 atom stereocenters. The van der Waals surface area contributed by atoms with Crippen molar-refractivity contribution in [2.75, 3.05) is 39.3 Å². The molecule has 1 rings (SSSR count). The standard InChI is InChI=1S/C20H34B3N5O6/c1-22(32)26-9-8-24-10-12-28(13-11-25-20(21)31)18(29)14-17(27-23(2)33)19(30)34-15-16-6-4-3-5-7-16/h3-7,17,24,26-27,32-33H,8-15H2,1-2H3,(H,25,31)/t17-/m0/s1. The zero-order valence-corrected chi connectivity index (χ0v) is 19.8. The van der Waals surface area contributed by atoms with Crippen molar-refractivity contribution in [1.82, 2.24) is 26.0 Å². The molecule has 1 aromatic carbocycles. The van der Waals surface area contributed by atoms with Gasteiger partial charge in [-0.25, -0.2) is 0 Å². The molecule has 6 N–H and O–H groups in total. The first-order valence-corrected chi connectivity index (χ1v) is 11.3. The number of rotatable bonds is 17. The molecule has 0 bridgehead atoms. The molecule has 0 heterocycles. The van der Waals surface area contributed by atoms with Crippen LogP contribution in [0.25, 0.3) is 0 Å². The molecule has 0 aliphatic rings. The Balaban J connectivity index is 2.68. The van der Waals surface area contributed by atoms with E-state index in [-0.39, 0.29) is 32.0 Å². The minimum absolute atomic E-state index is 0.0442. The molecule has 0 unspecified atom stereocenters. The topological polar surface area (TPSA) is 152 Å². The van der Waals surface area contributed by atoms with Crippen molar-refractivity contribution in [3.05, 3.63) is 35.9 Å². The molecule has 11 nitrogen and oxygen atoms in total. The Morgan fingerprint density at radius 1 is 1.03 bits per heavy atom. The van der Waals surface area contributed by atoms with Crippen molar-refractivity contribution < 1.29 is 29.2 Å². The van der Waals surface area contributed by atoms with Crippen LogP contribution >= 0.6 is 0 Å². The summed E-state index contributed by atoms with van der Waals surface area (Å²) in [6, 6.07) is 8.07. The van der Waals surface area contributed by atoms with Gasteiger partial charge in [-0.2, -0.15) is 0 Å². The van der Waals surface area contributed by atoms with Crippen molar-refractivity contribution in [3.8, 4) is 0 Å². The lowest BCUT2D eigenvalue weighted by Crippen LogP contribution is -2.50. The Morgan fingerprint density at radius 2 is 1.71 bits per heavy atom. The van der Waals surface area contributed by atoms with E-state index in [1.807, 2.05) is 30.3 Å². The van der Waals surface area contributed by atoms with Crippen molar-refractivity contribution in [3.63, 3.8) is 0 Å². The van der Waals surface area contributed by atoms with Gasteiger partial charge >= 0.3 is 20.1 Å². The van der Waals surface area contributed by atoms with Gasteiger partial charge in [-0.3, -0.25) is 14.4 Å². The largest absolute Gasteiger partial charge is 0.460 e. The Hall–Kier alpha value is -2.38. The highest BCUT2D eigenvalue weighted by molar-refractivity contribution is 6.57. The SMILES string of the molecule is [B]C(=O)NCCN(CCNCCNB(C)O)C(=O)C[C@H](NB(C)O)C(=O)OCc1ccccc1. The molecule has 0 aromatic heterocycles. The van der Waals surface area contributed by atoms with Crippen LogP contribution in [0.3, 0.4) is 0 Å². The second-order valence-corrected chi connectivity index (χ2v) is 7.74. The van der Waals surface area contributed by atoms with Gasteiger partial charge in [-0.15, -0.1) is 0 Å². The lowest BCUT2D eigenvalue weighted by atomic mass is 9.86. The number of nitrogens with zero attached hydrogens (tertiary/aromatic N) is 1. The minimum Gasteiger partial charge on any atom is -0.460 e. The van der Waals surface area contributed by atoms with Crippen LogP contribution in [0.2, 0.25) is 13.6 Å². The Labute approximate surface area is 203 Å². The predicted octanol–water partition coefficient (Wildman–Crippen LogP) is -1.82. The van der Waals surface area contributed by atoms with Crippen molar-refractivity contribution in [2.24, 2.45) is 0 Å². The first-order chi connectivity index (χ1) is 16.2. The molecule has 2 radical (unpaired) electrons. The maximum atomic E-state index is 13.0. The second kappa shape index (κ2) is 17.1. The number of hydrogen-bond acceptors (Lipinski definition) is 9. The highest BCUT2D eigenvalue weighted by Gasteiger charge is 2.28. The Kier molecular flexibility index (Phi) is 14.9. The maximum Gasteiger partial charge on any atom is 0.374 e. The second-order valence-electron chi connectivity index (χ2n) is 7.74. The van der Waals surface area contributed by atoms with Gasteiger partial charge in [0.05, 0.1) is 6.42 Å². The summed E-state index contributed by atoms with van der Waals surface area (Å²) < 4.78 is 5.33. The van der Waals surface area contributed by atoms with Crippen molar-refractivity contribution in [2.45, 2.75) is 32.7 Å². The van der Waals surface area contributed by atoms with E-state index in [9.17, 15) is 24.4 Å². The quantitative estimate of drug-likeness (QED) is 0.0874. The van der Waals surface area contributed by atoms with Crippen LogP contribution in [0.5, 0.6) is 0 Å².